The SMILES string of the molecule is C[C@H](NC(=O)[C@@H]1C[C@H]1c1ccccc1Cl)C(=O)O. The van der Waals surface area contributed by atoms with E-state index in [1.807, 2.05) is 18.2 Å². The van der Waals surface area contributed by atoms with Crippen LogP contribution >= 0.6 is 11.6 Å². The first-order valence-electron chi connectivity index (χ1n) is 5.78. The maximum absolute atomic E-state index is 11.8. The van der Waals surface area contributed by atoms with E-state index in [1.54, 1.807) is 6.07 Å². The van der Waals surface area contributed by atoms with Gasteiger partial charge < -0.3 is 10.4 Å². The van der Waals surface area contributed by atoms with Gasteiger partial charge in [-0.05, 0) is 30.9 Å². The van der Waals surface area contributed by atoms with Crippen molar-refractivity contribution in [3.8, 4) is 0 Å². The van der Waals surface area contributed by atoms with E-state index in [9.17, 15) is 9.59 Å². The number of carboxylic acid groups (broad SMARTS) is 1. The zero-order valence-corrected chi connectivity index (χ0v) is 10.6. The van der Waals surface area contributed by atoms with E-state index >= 15 is 0 Å². The van der Waals surface area contributed by atoms with Crippen LogP contribution < -0.4 is 5.32 Å². The number of carboxylic acids is 1. The van der Waals surface area contributed by atoms with E-state index in [-0.39, 0.29) is 17.7 Å². The van der Waals surface area contributed by atoms with Gasteiger partial charge in [-0.2, -0.15) is 0 Å². The zero-order chi connectivity index (χ0) is 13.3. The Labute approximate surface area is 110 Å². The monoisotopic (exact) mass is 267 g/mol. The number of halogens is 1. The number of carbonyl (C=O) groups excluding carboxylic acids is 1. The van der Waals surface area contributed by atoms with Gasteiger partial charge in [0.2, 0.25) is 5.91 Å². The summed E-state index contributed by atoms with van der Waals surface area (Å²) in [4.78, 5) is 22.4. The van der Waals surface area contributed by atoms with Crippen molar-refractivity contribution in [1.82, 2.24) is 5.32 Å². The predicted molar refractivity (Wildman–Crippen MR) is 67.5 cm³/mol. The summed E-state index contributed by atoms with van der Waals surface area (Å²) in [6.45, 7) is 1.45. The molecule has 0 radical (unpaired) electrons. The van der Waals surface area contributed by atoms with Crippen LogP contribution in [0.5, 0.6) is 0 Å². The van der Waals surface area contributed by atoms with Gasteiger partial charge in [-0.15, -0.1) is 0 Å². The van der Waals surface area contributed by atoms with Gasteiger partial charge in [0, 0.05) is 10.9 Å². The van der Waals surface area contributed by atoms with Crippen LogP contribution in [0, 0.1) is 5.92 Å². The first-order valence-corrected chi connectivity index (χ1v) is 6.16. The van der Waals surface area contributed by atoms with Gasteiger partial charge in [0.1, 0.15) is 6.04 Å². The van der Waals surface area contributed by atoms with E-state index in [2.05, 4.69) is 5.32 Å². The molecule has 0 saturated heterocycles. The fraction of sp³-hybridized carbons (Fsp3) is 0.385. The van der Waals surface area contributed by atoms with Crippen molar-refractivity contribution in [3.05, 3.63) is 34.9 Å². The average molecular weight is 268 g/mol. The zero-order valence-electron chi connectivity index (χ0n) is 9.89. The standard InChI is InChI=1S/C13H14ClNO3/c1-7(13(17)18)15-12(16)10-6-9(10)8-4-2-3-5-11(8)14/h2-5,7,9-10H,6H2,1H3,(H,15,16)(H,17,18)/t7-,9-,10+/m0/s1. The molecule has 18 heavy (non-hydrogen) atoms. The molecule has 1 aromatic rings. The van der Waals surface area contributed by atoms with Crippen molar-refractivity contribution in [1.29, 1.82) is 0 Å². The largest absolute Gasteiger partial charge is 0.480 e. The second-order valence-corrected chi connectivity index (χ2v) is 4.95. The third kappa shape index (κ3) is 2.64. The third-order valence-corrected chi connectivity index (χ3v) is 3.51. The van der Waals surface area contributed by atoms with Crippen LogP contribution in [0.4, 0.5) is 0 Å². The molecule has 0 spiro atoms. The molecule has 5 heteroatoms. The molecule has 0 bridgehead atoms. The molecular formula is C13H14ClNO3. The van der Waals surface area contributed by atoms with Gasteiger partial charge in [0.05, 0.1) is 0 Å². The highest BCUT2D eigenvalue weighted by Gasteiger charge is 2.45. The van der Waals surface area contributed by atoms with Gasteiger partial charge in [-0.3, -0.25) is 9.59 Å². The van der Waals surface area contributed by atoms with Crippen LogP contribution in [-0.2, 0) is 9.59 Å². The van der Waals surface area contributed by atoms with Gasteiger partial charge in [0.25, 0.3) is 0 Å². The summed E-state index contributed by atoms with van der Waals surface area (Å²) in [6.07, 6.45) is 0.724. The number of carbonyl (C=O) groups is 2. The second kappa shape index (κ2) is 4.98. The van der Waals surface area contributed by atoms with Crippen molar-refractivity contribution in [2.75, 3.05) is 0 Å². The number of benzene rings is 1. The molecule has 0 aromatic heterocycles. The first kappa shape index (κ1) is 12.9. The Kier molecular flexibility index (Phi) is 3.57. The third-order valence-electron chi connectivity index (χ3n) is 3.16. The normalized spacial score (nSPS) is 23.2. The maximum atomic E-state index is 11.8. The highest BCUT2D eigenvalue weighted by Crippen LogP contribution is 2.49. The molecule has 96 valence electrons. The smallest absolute Gasteiger partial charge is 0.325 e. The van der Waals surface area contributed by atoms with E-state index in [0.29, 0.717) is 5.02 Å². The van der Waals surface area contributed by atoms with Crippen molar-refractivity contribution in [2.24, 2.45) is 5.92 Å². The summed E-state index contributed by atoms with van der Waals surface area (Å²) >= 11 is 6.06. The lowest BCUT2D eigenvalue weighted by Gasteiger charge is -2.09. The lowest BCUT2D eigenvalue weighted by molar-refractivity contribution is -0.141. The Balaban J connectivity index is 1.97. The van der Waals surface area contributed by atoms with Crippen LogP contribution in [0.15, 0.2) is 24.3 Å². The lowest BCUT2D eigenvalue weighted by Crippen LogP contribution is -2.39. The van der Waals surface area contributed by atoms with Crippen molar-refractivity contribution in [2.45, 2.75) is 25.3 Å². The fourth-order valence-corrected chi connectivity index (χ4v) is 2.26. The van der Waals surface area contributed by atoms with Gasteiger partial charge in [0.15, 0.2) is 0 Å². The van der Waals surface area contributed by atoms with Gasteiger partial charge in [-0.25, -0.2) is 0 Å². The molecule has 1 aromatic carbocycles. The van der Waals surface area contributed by atoms with Crippen molar-refractivity contribution >= 4 is 23.5 Å². The van der Waals surface area contributed by atoms with Crippen LogP contribution in [0.25, 0.3) is 0 Å². The van der Waals surface area contributed by atoms with Crippen molar-refractivity contribution < 1.29 is 14.7 Å². The molecule has 0 unspecified atom stereocenters. The van der Waals surface area contributed by atoms with Crippen LogP contribution in [0.3, 0.4) is 0 Å². The Hall–Kier alpha value is -1.55. The van der Waals surface area contributed by atoms with E-state index in [4.69, 9.17) is 16.7 Å². The Morgan fingerprint density at radius 3 is 2.72 bits per heavy atom. The molecule has 4 nitrogen and oxygen atoms in total. The lowest BCUT2D eigenvalue weighted by atomic mass is 10.1. The van der Waals surface area contributed by atoms with Crippen LogP contribution in [0.1, 0.15) is 24.8 Å². The summed E-state index contributed by atoms with van der Waals surface area (Å²) < 4.78 is 0. The van der Waals surface area contributed by atoms with Gasteiger partial charge in [-0.1, -0.05) is 29.8 Å². The number of amides is 1. The van der Waals surface area contributed by atoms with E-state index < -0.39 is 12.0 Å². The Bertz CT molecular complexity index is 489. The minimum Gasteiger partial charge on any atom is -0.480 e. The Morgan fingerprint density at radius 1 is 1.44 bits per heavy atom. The molecule has 1 amide bonds. The number of nitrogens with one attached hydrogen (secondary N) is 1. The van der Waals surface area contributed by atoms with Gasteiger partial charge >= 0.3 is 5.97 Å². The maximum Gasteiger partial charge on any atom is 0.325 e. The summed E-state index contributed by atoms with van der Waals surface area (Å²) in [5, 5.41) is 11.9. The van der Waals surface area contributed by atoms with E-state index in [1.165, 1.54) is 6.92 Å². The van der Waals surface area contributed by atoms with E-state index in [0.717, 1.165) is 12.0 Å². The first-order chi connectivity index (χ1) is 8.50. The predicted octanol–water partition coefficient (Wildman–Crippen LogP) is 2.03. The average Bonchev–Trinajstić information content (AvgIpc) is 3.09. The summed E-state index contributed by atoms with van der Waals surface area (Å²) in [6, 6.07) is 6.57. The Morgan fingerprint density at radius 2 is 2.11 bits per heavy atom. The number of hydrogen-bond acceptors (Lipinski definition) is 2. The summed E-state index contributed by atoms with van der Waals surface area (Å²) in [5.74, 6) is -1.29. The quantitative estimate of drug-likeness (QED) is 0.877. The van der Waals surface area contributed by atoms with Crippen molar-refractivity contribution in [3.63, 3.8) is 0 Å². The molecular weight excluding hydrogens is 254 g/mol. The number of rotatable bonds is 4. The number of aliphatic carboxylic acids is 1. The highest BCUT2D eigenvalue weighted by molar-refractivity contribution is 6.31. The molecule has 2 rings (SSSR count). The molecule has 1 saturated carbocycles. The molecule has 0 aliphatic heterocycles. The molecule has 1 aliphatic carbocycles. The molecule has 2 N–H and O–H groups in total. The molecule has 1 fully saturated rings. The summed E-state index contributed by atoms with van der Waals surface area (Å²) in [7, 11) is 0. The highest BCUT2D eigenvalue weighted by atomic mass is 35.5. The molecule has 3 atom stereocenters. The second-order valence-electron chi connectivity index (χ2n) is 4.54. The number of hydrogen-bond donors (Lipinski definition) is 2. The molecule has 0 heterocycles. The minimum absolute atomic E-state index is 0.111. The van der Waals surface area contributed by atoms with Crippen LogP contribution in [-0.4, -0.2) is 23.0 Å². The fourth-order valence-electron chi connectivity index (χ4n) is 1.99. The minimum atomic E-state index is -1.03. The topological polar surface area (TPSA) is 66.4 Å². The van der Waals surface area contributed by atoms with Crippen LogP contribution in [0.2, 0.25) is 5.02 Å². The molecule has 1 aliphatic rings. The summed E-state index contributed by atoms with van der Waals surface area (Å²) in [5.41, 5.74) is 0.960.